The van der Waals surface area contributed by atoms with Gasteiger partial charge in [0.05, 0.1) is 0 Å². The van der Waals surface area contributed by atoms with Gasteiger partial charge in [0.15, 0.2) is 0 Å². The lowest BCUT2D eigenvalue weighted by molar-refractivity contribution is -0.121. The van der Waals surface area contributed by atoms with E-state index >= 15 is 0 Å². The van der Waals surface area contributed by atoms with Crippen molar-refractivity contribution in [2.75, 3.05) is 0 Å². The van der Waals surface area contributed by atoms with Crippen molar-refractivity contribution < 1.29 is 9.59 Å². The van der Waals surface area contributed by atoms with Crippen molar-refractivity contribution in [1.29, 1.82) is 0 Å². The molecule has 1 aromatic carbocycles. The van der Waals surface area contributed by atoms with Gasteiger partial charge in [-0.05, 0) is 31.9 Å². The van der Waals surface area contributed by atoms with Crippen molar-refractivity contribution >= 4 is 11.8 Å². The SMILES string of the molecule is C[C@H](CC(=O)NC1CC1)NC(=O)c1ccccc1. The molecule has 4 nitrogen and oxygen atoms in total. The van der Waals surface area contributed by atoms with Gasteiger partial charge in [0.25, 0.3) is 5.91 Å². The van der Waals surface area contributed by atoms with Crippen LogP contribution < -0.4 is 10.6 Å². The zero-order chi connectivity index (χ0) is 13.0. The van der Waals surface area contributed by atoms with Crippen molar-refractivity contribution in [3.63, 3.8) is 0 Å². The Hall–Kier alpha value is -1.84. The molecule has 2 N–H and O–H groups in total. The molecule has 1 saturated carbocycles. The fourth-order valence-corrected chi connectivity index (χ4v) is 1.74. The first-order valence-electron chi connectivity index (χ1n) is 6.30. The third kappa shape index (κ3) is 3.87. The Labute approximate surface area is 107 Å². The van der Waals surface area contributed by atoms with E-state index in [2.05, 4.69) is 10.6 Å². The van der Waals surface area contributed by atoms with Crippen LogP contribution in [-0.2, 0) is 4.79 Å². The number of carbonyl (C=O) groups excluding carboxylic acids is 2. The Balaban J connectivity index is 1.77. The summed E-state index contributed by atoms with van der Waals surface area (Å²) in [6.07, 6.45) is 2.49. The second-order valence-electron chi connectivity index (χ2n) is 4.79. The van der Waals surface area contributed by atoms with Crippen LogP contribution >= 0.6 is 0 Å². The van der Waals surface area contributed by atoms with Crippen LogP contribution in [0.1, 0.15) is 36.5 Å². The molecule has 1 aromatic rings. The second-order valence-corrected chi connectivity index (χ2v) is 4.79. The molecule has 0 aliphatic heterocycles. The monoisotopic (exact) mass is 246 g/mol. The minimum atomic E-state index is -0.156. The summed E-state index contributed by atoms with van der Waals surface area (Å²) in [6, 6.07) is 9.23. The van der Waals surface area contributed by atoms with Gasteiger partial charge in [-0.15, -0.1) is 0 Å². The first kappa shape index (κ1) is 12.6. The predicted octanol–water partition coefficient (Wildman–Crippen LogP) is 1.47. The summed E-state index contributed by atoms with van der Waals surface area (Å²) in [5, 5.41) is 5.73. The fourth-order valence-electron chi connectivity index (χ4n) is 1.74. The highest BCUT2D eigenvalue weighted by Crippen LogP contribution is 2.18. The number of nitrogens with one attached hydrogen (secondary N) is 2. The second kappa shape index (κ2) is 5.67. The third-order valence-electron chi connectivity index (χ3n) is 2.85. The lowest BCUT2D eigenvalue weighted by atomic mass is 10.1. The molecule has 96 valence electrons. The van der Waals surface area contributed by atoms with Crippen LogP contribution in [0.5, 0.6) is 0 Å². The number of hydrogen-bond donors (Lipinski definition) is 2. The zero-order valence-corrected chi connectivity index (χ0v) is 10.5. The van der Waals surface area contributed by atoms with Crippen LogP contribution in [0.4, 0.5) is 0 Å². The van der Waals surface area contributed by atoms with Crippen LogP contribution in [-0.4, -0.2) is 23.9 Å². The van der Waals surface area contributed by atoms with Gasteiger partial charge in [0, 0.05) is 24.1 Å². The fraction of sp³-hybridized carbons (Fsp3) is 0.429. The first-order chi connectivity index (χ1) is 8.65. The molecule has 2 amide bonds. The Bertz CT molecular complexity index is 427. The lowest BCUT2D eigenvalue weighted by Gasteiger charge is -2.13. The van der Waals surface area contributed by atoms with E-state index in [1.54, 1.807) is 12.1 Å². The van der Waals surface area contributed by atoms with Gasteiger partial charge in [-0.2, -0.15) is 0 Å². The largest absolute Gasteiger partial charge is 0.353 e. The molecular formula is C14H18N2O2. The molecule has 4 heteroatoms. The molecule has 0 radical (unpaired) electrons. The van der Waals surface area contributed by atoms with Crippen molar-refractivity contribution in [1.82, 2.24) is 10.6 Å². The molecule has 1 fully saturated rings. The molecule has 0 bridgehead atoms. The molecule has 0 spiro atoms. The third-order valence-corrected chi connectivity index (χ3v) is 2.85. The number of hydrogen-bond acceptors (Lipinski definition) is 2. The first-order valence-corrected chi connectivity index (χ1v) is 6.30. The van der Waals surface area contributed by atoms with E-state index in [9.17, 15) is 9.59 Å². The Morgan fingerprint density at radius 3 is 2.56 bits per heavy atom. The molecule has 2 rings (SSSR count). The maximum atomic E-state index is 11.8. The van der Waals surface area contributed by atoms with Gasteiger partial charge in [0.2, 0.25) is 5.91 Å². The summed E-state index contributed by atoms with van der Waals surface area (Å²) in [5.41, 5.74) is 0.618. The van der Waals surface area contributed by atoms with Crippen molar-refractivity contribution in [2.45, 2.75) is 38.3 Å². The maximum Gasteiger partial charge on any atom is 0.251 e. The molecule has 0 saturated heterocycles. The van der Waals surface area contributed by atoms with E-state index in [-0.39, 0.29) is 17.9 Å². The normalized spacial score (nSPS) is 15.8. The molecular weight excluding hydrogens is 228 g/mol. The summed E-state index contributed by atoms with van der Waals surface area (Å²) in [4.78, 5) is 23.4. The Kier molecular flexibility index (Phi) is 3.97. The molecule has 0 aromatic heterocycles. The minimum absolute atomic E-state index is 0.0124. The summed E-state index contributed by atoms with van der Waals surface area (Å²) in [6.45, 7) is 1.84. The number of amides is 2. The maximum absolute atomic E-state index is 11.8. The molecule has 0 unspecified atom stereocenters. The van der Waals surface area contributed by atoms with E-state index in [0.29, 0.717) is 18.0 Å². The number of benzene rings is 1. The Morgan fingerprint density at radius 1 is 1.28 bits per heavy atom. The van der Waals surface area contributed by atoms with E-state index < -0.39 is 0 Å². The van der Waals surface area contributed by atoms with E-state index in [0.717, 1.165) is 12.8 Å². The van der Waals surface area contributed by atoms with E-state index in [4.69, 9.17) is 0 Å². The van der Waals surface area contributed by atoms with Gasteiger partial charge < -0.3 is 10.6 Å². The molecule has 18 heavy (non-hydrogen) atoms. The molecule has 0 heterocycles. The van der Waals surface area contributed by atoms with Gasteiger partial charge in [-0.1, -0.05) is 18.2 Å². The topological polar surface area (TPSA) is 58.2 Å². The summed E-state index contributed by atoms with van der Waals surface area (Å²) < 4.78 is 0. The van der Waals surface area contributed by atoms with Crippen LogP contribution in [0, 0.1) is 0 Å². The zero-order valence-electron chi connectivity index (χ0n) is 10.5. The van der Waals surface area contributed by atoms with E-state index in [1.165, 1.54) is 0 Å². The standard InChI is InChI=1S/C14H18N2O2/c1-10(9-13(17)16-12-7-8-12)15-14(18)11-5-3-2-4-6-11/h2-6,10,12H,7-9H2,1H3,(H,15,18)(H,16,17)/t10-/m1/s1. The van der Waals surface area contributed by atoms with Crippen molar-refractivity contribution in [2.24, 2.45) is 0 Å². The van der Waals surface area contributed by atoms with Crippen LogP contribution in [0.2, 0.25) is 0 Å². The van der Waals surface area contributed by atoms with Gasteiger partial charge in [0.1, 0.15) is 0 Å². The smallest absolute Gasteiger partial charge is 0.251 e. The predicted molar refractivity (Wildman–Crippen MR) is 69.2 cm³/mol. The highest BCUT2D eigenvalue weighted by Gasteiger charge is 2.24. The Morgan fingerprint density at radius 2 is 1.94 bits per heavy atom. The molecule has 1 atom stereocenters. The lowest BCUT2D eigenvalue weighted by Crippen LogP contribution is -2.37. The average Bonchev–Trinajstić information content (AvgIpc) is 3.13. The molecule has 1 aliphatic rings. The van der Waals surface area contributed by atoms with Crippen LogP contribution in [0.25, 0.3) is 0 Å². The van der Waals surface area contributed by atoms with E-state index in [1.807, 2.05) is 25.1 Å². The van der Waals surface area contributed by atoms with Gasteiger partial charge in [-0.25, -0.2) is 0 Å². The summed E-state index contributed by atoms with van der Waals surface area (Å²) in [7, 11) is 0. The highest BCUT2D eigenvalue weighted by atomic mass is 16.2. The van der Waals surface area contributed by atoms with Crippen LogP contribution in [0.3, 0.4) is 0 Å². The molecule has 1 aliphatic carbocycles. The average molecular weight is 246 g/mol. The quantitative estimate of drug-likeness (QED) is 0.826. The van der Waals surface area contributed by atoms with Crippen molar-refractivity contribution in [3.05, 3.63) is 35.9 Å². The van der Waals surface area contributed by atoms with Crippen molar-refractivity contribution in [3.8, 4) is 0 Å². The summed E-state index contributed by atoms with van der Waals surface area (Å²) in [5.74, 6) is -0.124. The highest BCUT2D eigenvalue weighted by molar-refractivity contribution is 5.94. The number of carbonyl (C=O) groups is 2. The summed E-state index contributed by atoms with van der Waals surface area (Å²) >= 11 is 0. The minimum Gasteiger partial charge on any atom is -0.353 e. The van der Waals surface area contributed by atoms with Gasteiger partial charge >= 0.3 is 0 Å². The number of rotatable bonds is 5. The van der Waals surface area contributed by atoms with Gasteiger partial charge in [-0.3, -0.25) is 9.59 Å². The van der Waals surface area contributed by atoms with Crippen LogP contribution in [0.15, 0.2) is 30.3 Å².